The van der Waals surface area contributed by atoms with Crippen LogP contribution in [0.5, 0.6) is 11.5 Å². The summed E-state index contributed by atoms with van der Waals surface area (Å²) in [7, 11) is 1.63. The fourth-order valence-corrected chi connectivity index (χ4v) is 4.46. The Labute approximate surface area is 202 Å². The molecule has 1 aliphatic heterocycles. The van der Waals surface area contributed by atoms with Crippen LogP contribution in [0.15, 0.2) is 36.4 Å². The zero-order chi connectivity index (χ0) is 25.1. The van der Waals surface area contributed by atoms with Gasteiger partial charge in [-0.3, -0.25) is 4.90 Å². The van der Waals surface area contributed by atoms with Crippen molar-refractivity contribution >= 4 is 11.8 Å². The maximum atomic E-state index is 13.1. The van der Waals surface area contributed by atoms with E-state index in [0.717, 1.165) is 28.1 Å². The minimum absolute atomic E-state index is 0.214. The van der Waals surface area contributed by atoms with E-state index in [2.05, 4.69) is 5.32 Å². The van der Waals surface area contributed by atoms with Crippen LogP contribution < -0.4 is 15.0 Å². The second-order valence-corrected chi connectivity index (χ2v) is 9.68. The molecule has 1 aliphatic rings. The standard InChI is InChI=1S/C27H38N2O5/c1-7-27(8-2)21-16-20(33-6)10-11-22(21)29(25(32)34-27)14-13-26(4,5)28-17-24(31)19-9-12-23(30)18(3)15-19/h9-12,15-16,24,28,30-31H,7-8,13-14,17H2,1-6H3. The number of nitrogens with zero attached hydrogens (tertiary/aromatic N) is 1. The topological polar surface area (TPSA) is 91.3 Å². The number of rotatable bonds is 10. The zero-order valence-electron chi connectivity index (χ0n) is 21.1. The lowest BCUT2D eigenvalue weighted by atomic mass is 9.85. The SMILES string of the molecule is CCC1(CC)OC(=O)N(CCC(C)(C)NCC(O)c2ccc(O)c(C)c2)c2ccc(OC)cc21. The number of aliphatic hydroxyl groups excluding tert-OH is 1. The average Bonchev–Trinajstić information content (AvgIpc) is 2.83. The Morgan fingerprint density at radius 3 is 2.50 bits per heavy atom. The second-order valence-electron chi connectivity index (χ2n) is 9.68. The first kappa shape index (κ1) is 25.8. The van der Waals surface area contributed by atoms with Gasteiger partial charge in [-0.05, 0) is 81.5 Å². The summed E-state index contributed by atoms with van der Waals surface area (Å²) in [5.74, 6) is 0.953. The van der Waals surface area contributed by atoms with Crippen molar-refractivity contribution in [3.8, 4) is 11.5 Å². The van der Waals surface area contributed by atoms with Gasteiger partial charge < -0.3 is 25.0 Å². The van der Waals surface area contributed by atoms with Gasteiger partial charge in [0.15, 0.2) is 0 Å². The van der Waals surface area contributed by atoms with Gasteiger partial charge >= 0.3 is 6.09 Å². The summed E-state index contributed by atoms with van der Waals surface area (Å²) in [6, 6.07) is 10.9. The van der Waals surface area contributed by atoms with Crippen molar-refractivity contribution in [1.29, 1.82) is 0 Å². The molecule has 0 saturated heterocycles. The van der Waals surface area contributed by atoms with E-state index in [0.29, 0.717) is 32.4 Å². The van der Waals surface area contributed by atoms with E-state index in [1.165, 1.54) is 0 Å². The molecule has 1 amide bonds. The maximum Gasteiger partial charge on any atom is 0.415 e. The highest BCUT2D eigenvalue weighted by atomic mass is 16.6. The fraction of sp³-hybridized carbons (Fsp3) is 0.519. The number of anilines is 1. The van der Waals surface area contributed by atoms with E-state index in [1.807, 2.05) is 45.9 Å². The number of phenolic OH excluding ortho intramolecular Hbond substituents is 1. The van der Waals surface area contributed by atoms with Crippen molar-refractivity contribution in [2.45, 2.75) is 71.1 Å². The number of benzene rings is 2. The number of ether oxygens (including phenoxy) is 2. The molecule has 3 N–H and O–H groups in total. The number of hydrogen-bond donors (Lipinski definition) is 3. The van der Waals surface area contributed by atoms with Gasteiger partial charge in [-0.1, -0.05) is 19.9 Å². The van der Waals surface area contributed by atoms with Gasteiger partial charge in [-0.25, -0.2) is 4.79 Å². The molecule has 2 aromatic carbocycles. The van der Waals surface area contributed by atoms with Crippen LogP contribution in [0.25, 0.3) is 0 Å². The van der Waals surface area contributed by atoms with Gasteiger partial charge in [0.05, 0.1) is 18.9 Å². The van der Waals surface area contributed by atoms with E-state index < -0.39 is 11.7 Å². The highest BCUT2D eigenvalue weighted by molar-refractivity contribution is 5.91. The van der Waals surface area contributed by atoms with Crippen molar-refractivity contribution in [1.82, 2.24) is 5.32 Å². The van der Waals surface area contributed by atoms with Crippen LogP contribution in [0.2, 0.25) is 0 Å². The number of fused-ring (bicyclic) bond motifs is 1. The van der Waals surface area contributed by atoms with Crippen LogP contribution in [-0.2, 0) is 10.3 Å². The lowest BCUT2D eigenvalue weighted by Gasteiger charge is -2.42. The number of amides is 1. The molecule has 1 atom stereocenters. The molecule has 34 heavy (non-hydrogen) atoms. The van der Waals surface area contributed by atoms with Gasteiger partial charge in [0.2, 0.25) is 0 Å². The number of carbonyl (C=O) groups is 1. The highest BCUT2D eigenvalue weighted by Crippen LogP contribution is 2.45. The third kappa shape index (κ3) is 5.31. The number of cyclic esters (lactones) is 1. The monoisotopic (exact) mass is 470 g/mol. The van der Waals surface area contributed by atoms with E-state index in [-0.39, 0.29) is 17.4 Å². The van der Waals surface area contributed by atoms with Gasteiger partial charge in [0.25, 0.3) is 0 Å². The number of aryl methyl sites for hydroxylation is 1. The Morgan fingerprint density at radius 1 is 1.18 bits per heavy atom. The van der Waals surface area contributed by atoms with E-state index in [1.54, 1.807) is 37.1 Å². The summed E-state index contributed by atoms with van der Waals surface area (Å²) < 4.78 is 11.4. The molecule has 0 bridgehead atoms. The minimum atomic E-state index is -0.707. The zero-order valence-corrected chi connectivity index (χ0v) is 21.1. The predicted octanol–water partition coefficient (Wildman–Crippen LogP) is 5.17. The number of hydrogen-bond acceptors (Lipinski definition) is 6. The number of aliphatic hydroxyl groups is 1. The Balaban J connectivity index is 1.72. The molecule has 7 nitrogen and oxygen atoms in total. The normalized spacial score (nSPS) is 16.1. The van der Waals surface area contributed by atoms with E-state index in [9.17, 15) is 15.0 Å². The summed E-state index contributed by atoms with van der Waals surface area (Å²) in [5.41, 5.74) is 2.31. The number of carbonyl (C=O) groups excluding carboxylic acids is 1. The van der Waals surface area contributed by atoms with Crippen molar-refractivity contribution in [2.75, 3.05) is 25.1 Å². The second kappa shape index (κ2) is 10.2. The van der Waals surface area contributed by atoms with Crippen molar-refractivity contribution in [3.63, 3.8) is 0 Å². The smallest absolute Gasteiger partial charge is 0.415 e. The molecule has 0 spiro atoms. The van der Waals surface area contributed by atoms with Crippen LogP contribution in [0.3, 0.4) is 0 Å². The van der Waals surface area contributed by atoms with Gasteiger partial charge in [-0.15, -0.1) is 0 Å². The summed E-state index contributed by atoms with van der Waals surface area (Å²) in [6.45, 7) is 10.8. The van der Waals surface area contributed by atoms with Crippen molar-refractivity contribution in [3.05, 3.63) is 53.1 Å². The van der Waals surface area contributed by atoms with Crippen molar-refractivity contribution < 1.29 is 24.5 Å². The predicted molar refractivity (Wildman–Crippen MR) is 134 cm³/mol. The number of aromatic hydroxyl groups is 1. The lowest BCUT2D eigenvalue weighted by Crippen LogP contribution is -2.49. The van der Waals surface area contributed by atoms with Gasteiger partial charge in [0, 0.05) is 24.2 Å². The average molecular weight is 471 g/mol. The third-order valence-electron chi connectivity index (χ3n) is 6.97. The molecule has 186 valence electrons. The highest BCUT2D eigenvalue weighted by Gasteiger charge is 2.43. The van der Waals surface area contributed by atoms with Crippen LogP contribution in [-0.4, -0.2) is 42.0 Å². The molecule has 0 fully saturated rings. The van der Waals surface area contributed by atoms with Gasteiger partial charge in [0.1, 0.15) is 17.1 Å². The molecule has 3 rings (SSSR count). The lowest BCUT2D eigenvalue weighted by molar-refractivity contribution is -0.00150. The van der Waals surface area contributed by atoms with Crippen LogP contribution in [0.4, 0.5) is 10.5 Å². The quantitative estimate of drug-likeness (QED) is 0.444. The van der Waals surface area contributed by atoms with Crippen molar-refractivity contribution in [2.24, 2.45) is 0 Å². The summed E-state index contributed by atoms with van der Waals surface area (Å²) in [5, 5.41) is 23.7. The molecule has 2 aromatic rings. The van der Waals surface area contributed by atoms with Crippen LogP contribution >= 0.6 is 0 Å². The Hall–Kier alpha value is -2.77. The van der Waals surface area contributed by atoms with Crippen LogP contribution in [0, 0.1) is 6.92 Å². The first-order chi connectivity index (χ1) is 16.1. The summed E-state index contributed by atoms with van der Waals surface area (Å²) >= 11 is 0. The molecule has 1 unspecified atom stereocenters. The largest absolute Gasteiger partial charge is 0.508 e. The first-order valence-electron chi connectivity index (χ1n) is 12.0. The Bertz CT molecular complexity index is 1020. The summed E-state index contributed by atoms with van der Waals surface area (Å²) in [6.07, 6.45) is 0.980. The fourth-order valence-electron chi connectivity index (χ4n) is 4.46. The number of phenols is 1. The van der Waals surface area contributed by atoms with E-state index >= 15 is 0 Å². The number of β-amino-alcohol motifs (C(OH)–C–C–N with tert-alkyl or cyclic N) is 1. The molecule has 0 radical (unpaired) electrons. The third-order valence-corrected chi connectivity index (χ3v) is 6.97. The first-order valence-corrected chi connectivity index (χ1v) is 12.0. The maximum absolute atomic E-state index is 13.1. The molecule has 0 aliphatic carbocycles. The van der Waals surface area contributed by atoms with E-state index in [4.69, 9.17) is 9.47 Å². The number of nitrogens with one attached hydrogen (secondary N) is 1. The van der Waals surface area contributed by atoms with Gasteiger partial charge in [-0.2, -0.15) is 0 Å². The van der Waals surface area contributed by atoms with Crippen LogP contribution in [0.1, 0.15) is 69.8 Å². The molecular weight excluding hydrogens is 432 g/mol. The summed E-state index contributed by atoms with van der Waals surface area (Å²) in [4.78, 5) is 14.8. The molecular formula is C27H38N2O5. The Morgan fingerprint density at radius 2 is 1.88 bits per heavy atom. The Kier molecular flexibility index (Phi) is 7.78. The minimum Gasteiger partial charge on any atom is -0.508 e. The molecule has 0 aromatic heterocycles. The molecule has 1 heterocycles. The molecule has 7 heteroatoms. The number of methoxy groups -OCH3 is 1. The molecule has 0 saturated carbocycles.